The molecule has 0 saturated carbocycles. The van der Waals surface area contributed by atoms with Gasteiger partial charge in [-0.3, -0.25) is 9.59 Å². The Kier molecular flexibility index (Phi) is 5.55. The third kappa shape index (κ3) is 4.80. The molecule has 0 fully saturated rings. The lowest BCUT2D eigenvalue weighted by Gasteiger charge is -2.08. The summed E-state index contributed by atoms with van der Waals surface area (Å²) in [6, 6.07) is 9.00. The van der Waals surface area contributed by atoms with Crippen LogP contribution >= 0.6 is 0 Å². The maximum Gasteiger partial charge on any atom is 0.308 e. The van der Waals surface area contributed by atoms with Gasteiger partial charge in [-0.25, -0.2) is 0 Å². The highest BCUT2D eigenvalue weighted by molar-refractivity contribution is 5.95. The van der Waals surface area contributed by atoms with E-state index in [4.69, 9.17) is 10.00 Å². The predicted molar refractivity (Wildman–Crippen MR) is 69.3 cm³/mol. The number of nitrogens with zero attached hydrogens (tertiary/aromatic N) is 1. The van der Waals surface area contributed by atoms with Crippen LogP contribution in [-0.4, -0.2) is 24.5 Å². The first-order chi connectivity index (χ1) is 9.04. The van der Waals surface area contributed by atoms with Crippen LogP contribution in [0.5, 0.6) is 0 Å². The fraction of sp³-hybridized carbons (Fsp3) is 0.357. The van der Waals surface area contributed by atoms with E-state index in [0.29, 0.717) is 5.56 Å². The predicted octanol–water partition coefficient (Wildman–Crippen LogP) is 1.57. The van der Waals surface area contributed by atoms with Gasteiger partial charge in [0.1, 0.15) is 6.07 Å². The quantitative estimate of drug-likeness (QED) is 0.815. The van der Waals surface area contributed by atoms with E-state index in [1.54, 1.807) is 18.2 Å². The standard InChI is InChI=1S/C14H16N2O3/c1-10-5-3-4-6-12(10)14(18)16-8-7-13(17)19-11(2)9-15/h3-6,11H,7-8H2,1-2H3,(H,16,18). The fourth-order valence-corrected chi connectivity index (χ4v) is 1.48. The zero-order chi connectivity index (χ0) is 14.3. The van der Waals surface area contributed by atoms with E-state index in [-0.39, 0.29) is 18.9 Å². The van der Waals surface area contributed by atoms with Crippen molar-refractivity contribution in [3.8, 4) is 6.07 Å². The lowest BCUT2D eigenvalue weighted by atomic mass is 10.1. The molecule has 19 heavy (non-hydrogen) atoms. The molecular weight excluding hydrogens is 244 g/mol. The first-order valence-corrected chi connectivity index (χ1v) is 5.97. The molecule has 1 unspecified atom stereocenters. The minimum atomic E-state index is -0.764. The number of hydrogen-bond donors (Lipinski definition) is 1. The molecule has 0 spiro atoms. The molecule has 1 atom stereocenters. The highest BCUT2D eigenvalue weighted by Gasteiger charge is 2.10. The molecule has 0 heterocycles. The Morgan fingerprint density at radius 2 is 2.11 bits per heavy atom. The molecule has 5 heteroatoms. The molecule has 0 aromatic heterocycles. The number of nitriles is 1. The van der Waals surface area contributed by atoms with Crippen LogP contribution in [0.15, 0.2) is 24.3 Å². The number of nitrogens with one attached hydrogen (secondary N) is 1. The van der Waals surface area contributed by atoms with Crippen molar-refractivity contribution in [3.05, 3.63) is 35.4 Å². The molecule has 0 bridgehead atoms. The SMILES string of the molecule is Cc1ccccc1C(=O)NCCC(=O)OC(C)C#N. The Bertz CT molecular complexity index is 506. The van der Waals surface area contributed by atoms with Gasteiger partial charge in [-0.1, -0.05) is 18.2 Å². The van der Waals surface area contributed by atoms with Crippen LogP contribution in [0.4, 0.5) is 0 Å². The van der Waals surface area contributed by atoms with Gasteiger partial charge in [0.25, 0.3) is 5.91 Å². The molecule has 1 aromatic rings. The Morgan fingerprint density at radius 1 is 1.42 bits per heavy atom. The van der Waals surface area contributed by atoms with Crippen molar-refractivity contribution >= 4 is 11.9 Å². The second-order valence-corrected chi connectivity index (χ2v) is 4.08. The lowest BCUT2D eigenvalue weighted by molar-refractivity contribution is -0.145. The van der Waals surface area contributed by atoms with Gasteiger partial charge in [0.2, 0.25) is 0 Å². The minimum absolute atomic E-state index is 0.0453. The van der Waals surface area contributed by atoms with Crippen molar-refractivity contribution in [2.24, 2.45) is 0 Å². The van der Waals surface area contributed by atoms with Gasteiger partial charge < -0.3 is 10.1 Å². The smallest absolute Gasteiger partial charge is 0.308 e. The van der Waals surface area contributed by atoms with Crippen LogP contribution in [-0.2, 0) is 9.53 Å². The van der Waals surface area contributed by atoms with Crippen LogP contribution in [0, 0.1) is 18.3 Å². The summed E-state index contributed by atoms with van der Waals surface area (Å²) in [4.78, 5) is 23.1. The van der Waals surface area contributed by atoms with E-state index >= 15 is 0 Å². The van der Waals surface area contributed by atoms with E-state index in [2.05, 4.69) is 5.32 Å². The normalized spacial score (nSPS) is 11.2. The molecular formula is C14H16N2O3. The van der Waals surface area contributed by atoms with E-state index in [9.17, 15) is 9.59 Å². The molecule has 0 radical (unpaired) electrons. The van der Waals surface area contributed by atoms with E-state index in [1.807, 2.05) is 19.1 Å². The summed E-state index contributed by atoms with van der Waals surface area (Å²) in [5.41, 5.74) is 1.46. The minimum Gasteiger partial charge on any atom is -0.447 e. The first-order valence-electron chi connectivity index (χ1n) is 5.97. The molecule has 1 rings (SSSR count). The monoisotopic (exact) mass is 260 g/mol. The largest absolute Gasteiger partial charge is 0.447 e. The third-order valence-electron chi connectivity index (χ3n) is 2.49. The Balaban J connectivity index is 2.38. The van der Waals surface area contributed by atoms with Crippen LogP contribution in [0.25, 0.3) is 0 Å². The molecule has 100 valence electrons. The molecule has 0 saturated heterocycles. The Morgan fingerprint density at radius 3 is 2.74 bits per heavy atom. The summed E-state index contributed by atoms with van der Waals surface area (Å²) in [5.74, 6) is -0.724. The van der Waals surface area contributed by atoms with Gasteiger partial charge in [-0.15, -0.1) is 0 Å². The number of carbonyl (C=O) groups excluding carboxylic acids is 2. The van der Waals surface area contributed by atoms with Gasteiger partial charge in [0, 0.05) is 12.1 Å². The van der Waals surface area contributed by atoms with E-state index in [0.717, 1.165) is 5.56 Å². The van der Waals surface area contributed by atoms with Gasteiger partial charge in [0.05, 0.1) is 6.42 Å². The van der Waals surface area contributed by atoms with Gasteiger partial charge in [-0.05, 0) is 25.5 Å². The third-order valence-corrected chi connectivity index (χ3v) is 2.49. The number of amides is 1. The van der Waals surface area contributed by atoms with Crippen molar-refractivity contribution in [3.63, 3.8) is 0 Å². The van der Waals surface area contributed by atoms with E-state index in [1.165, 1.54) is 6.92 Å². The van der Waals surface area contributed by atoms with Crippen molar-refractivity contribution in [1.82, 2.24) is 5.32 Å². The highest BCUT2D eigenvalue weighted by atomic mass is 16.5. The number of carbonyl (C=O) groups is 2. The topological polar surface area (TPSA) is 79.2 Å². The molecule has 0 aliphatic heterocycles. The summed E-state index contributed by atoms with van der Waals surface area (Å²) in [6.45, 7) is 3.52. The summed E-state index contributed by atoms with van der Waals surface area (Å²) in [6.07, 6.45) is -0.719. The second kappa shape index (κ2) is 7.17. The highest BCUT2D eigenvalue weighted by Crippen LogP contribution is 2.06. The molecule has 0 aliphatic carbocycles. The summed E-state index contributed by atoms with van der Waals surface area (Å²) in [7, 11) is 0. The Labute approximate surface area is 112 Å². The number of aryl methyl sites for hydroxylation is 1. The number of esters is 1. The average molecular weight is 260 g/mol. The van der Waals surface area contributed by atoms with Crippen LogP contribution < -0.4 is 5.32 Å². The van der Waals surface area contributed by atoms with Gasteiger partial charge in [-0.2, -0.15) is 5.26 Å². The maximum atomic E-state index is 11.8. The molecule has 1 aromatic carbocycles. The molecule has 1 N–H and O–H groups in total. The summed E-state index contributed by atoms with van der Waals surface area (Å²) >= 11 is 0. The van der Waals surface area contributed by atoms with Crippen molar-refractivity contribution in [1.29, 1.82) is 5.26 Å². The molecule has 0 aliphatic rings. The number of benzene rings is 1. The van der Waals surface area contributed by atoms with E-state index < -0.39 is 12.1 Å². The Hall–Kier alpha value is -2.35. The van der Waals surface area contributed by atoms with Crippen LogP contribution in [0.1, 0.15) is 29.3 Å². The second-order valence-electron chi connectivity index (χ2n) is 4.08. The van der Waals surface area contributed by atoms with Crippen molar-refractivity contribution < 1.29 is 14.3 Å². The number of hydrogen-bond acceptors (Lipinski definition) is 4. The van der Waals surface area contributed by atoms with Crippen LogP contribution in [0.2, 0.25) is 0 Å². The summed E-state index contributed by atoms with van der Waals surface area (Å²) < 4.78 is 4.76. The van der Waals surface area contributed by atoms with Gasteiger partial charge in [0.15, 0.2) is 6.10 Å². The molecule has 5 nitrogen and oxygen atoms in total. The lowest BCUT2D eigenvalue weighted by Crippen LogP contribution is -2.27. The number of ether oxygens (including phenoxy) is 1. The van der Waals surface area contributed by atoms with Gasteiger partial charge >= 0.3 is 5.97 Å². The average Bonchev–Trinajstić information content (AvgIpc) is 2.38. The first kappa shape index (κ1) is 14.7. The zero-order valence-electron chi connectivity index (χ0n) is 11.0. The maximum absolute atomic E-state index is 11.8. The molecule has 1 amide bonds. The van der Waals surface area contributed by atoms with Crippen LogP contribution in [0.3, 0.4) is 0 Å². The fourth-order valence-electron chi connectivity index (χ4n) is 1.48. The number of rotatable bonds is 5. The summed E-state index contributed by atoms with van der Waals surface area (Å²) in [5, 5.41) is 11.1. The van der Waals surface area contributed by atoms with Crippen molar-refractivity contribution in [2.45, 2.75) is 26.4 Å². The van der Waals surface area contributed by atoms with Crippen molar-refractivity contribution in [2.75, 3.05) is 6.54 Å². The zero-order valence-corrected chi connectivity index (χ0v) is 11.0.